The Morgan fingerprint density at radius 1 is 0.903 bits per heavy atom. The Labute approximate surface area is 188 Å². The number of rotatable bonds is 10. The summed E-state index contributed by atoms with van der Waals surface area (Å²) < 4.78 is 41.4. The largest absolute Gasteiger partial charge is 0.484 e. The molecule has 0 atom stereocenters. The molecule has 3 rings (SSSR count). The van der Waals surface area contributed by atoms with Crippen LogP contribution >= 0.6 is 0 Å². The number of ether oxygens (including phenoxy) is 1. The third kappa shape index (κ3) is 8.82. The van der Waals surface area contributed by atoms with Gasteiger partial charge in [0.25, 0.3) is 0 Å². The minimum Gasteiger partial charge on any atom is -0.484 e. The minimum atomic E-state index is -4.28. The smallest absolute Gasteiger partial charge is 0.422 e. The summed E-state index contributed by atoms with van der Waals surface area (Å²) >= 11 is 0. The number of aryl methyl sites for hydroxylation is 1. The van der Waals surface area contributed by atoms with Crippen LogP contribution in [0.5, 0.6) is 5.75 Å². The Kier molecular flexibility index (Phi) is 9.80. The summed E-state index contributed by atoms with van der Waals surface area (Å²) in [5.74, 6) is 3.27. The molecule has 1 aromatic rings. The molecule has 2 aliphatic rings. The maximum Gasteiger partial charge on any atom is 0.422 e. The van der Waals surface area contributed by atoms with E-state index in [2.05, 4.69) is 6.92 Å². The molecule has 1 nitrogen and oxygen atoms in total. The SMILES string of the molecule is CCC[SiH]1CCC(C2CCC(CCCCc3ccc(OCC(F)(F)F)cc3)CC2)CC1. The number of benzene rings is 1. The van der Waals surface area contributed by atoms with Crippen LogP contribution in [0.1, 0.15) is 76.7 Å². The van der Waals surface area contributed by atoms with Crippen LogP contribution in [0.4, 0.5) is 13.2 Å². The van der Waals surface area contributed by atoms with Crippen molar-refractivity contribution in [2.75, 3.05) is 6.61 Å². The van der Waals surface area contributed by atoms with Crippen molar-refractivity contribution in [1.82, 2.24) is 0 Å². The van der Waals surface area contributed by atoms with Gasteiger partial charge in [-0.2, -0.15) is 13.2 Å². The summed E-state index contributed by atoms with van der Waals surface area (Å²) in [5.41, 5.74) is 1.19. The van der Waals surface area contributed by atoms with E-state index >= 15 is 0 Å². The first-order chi connectivity index (χ1) is 14.9. The molecule has 0 radical (unpaired) electrons. The second-order valence-corrected chi connectivity index (χ2v) is 13.6. The van der Waals surface area contributed by atoms with Crippen LogP contribution in [0.15, 0.2) is 24.3 Å². The Hall–Kier alpha value is -0.973. The molecular formula is C26H41F3OSi. The first kappa shape index (κ1) is 24.7. The van der Waals surface area contributed by atoms with Crippen LogP contribution in [0.2, 0.25) is 18.1 Å². The van der Waals surface area contributed by atoms with Gasteiger partial charge in [0, 0.05) is 8.80 Å². The molecule has 1 heterocycles. The summed E-state index contributed by atoms with van der Waals surface area (Å²) in [7, 11) is -0.343. The number of hydrogen-bond donors (Lipinski definition) is 0. The third-order valence-electron chi connectivity index (χ3n) is 7.80. The molecule has 1 saturated heterocycles. The number of unbranched alkanes of at least 4 members (excludes halogenated alkanes) is 1. The third-order valence-corrected chi connectivity index (χ3v) is 11.5. The lowest BCUT2D eigenvalue weighted by Gasteiger charge is -2.37. The Bertz CT molecular complexity index is 615. The zero-order valence-electron chi connectivity index (χ0n) is 19.3. The Balaban J connectivity index is 1.26. The van der Waals surface area contributed by atoms with E-state index in [4.69, 9.17) is 4.74 Å². The highest BCUT2D eigenvalue weighted by atomic mass is 28.3. The van der Waals surface area contributed by atoms with Crippen LogP contribution in [0.25, 0.3) is 0 Å². The van der Waals surface area contributed by atoms with Gasteiger partial charge in [-0.3, -0.25) is 0 Å². The van der Waals surface area contributed by atoms with Crippen LogP contribution in [-0.2, 0) is 6.42 Å². The van der Waals surface area contributed by atoms with Crippen molar-refractivity contribution in [3.63, 3.8) is 0 Å². The molecule has 1 saturated carbocycles. The van der Waals surface area contributed by atoms with Crippen molar-refractivity contribution in [2.45, 2.75) is 102 Å². The Morgan fingerprint density at radius 2 is 1.55 bits per heavy atom. The van der Waals surface area contributed by atoms with Gasteiger partial charge in [0.05, 0.1) is 0 Å². The van der Waals surface area contributed by atoms with Gasteiger partial charge in [0.2, 0.25) is 0 Å². The van der Waals surface area contributed by atoms with Crippen LogP contribution in [0.3, 0.4) is 0 Å². The second-order valence-electron chi connectivity index (χ2n) is 10.1. The molecule has 1 aliphatic heterocycles. The summed E-state index contributed by atoms with van der Waals surface area (Å²) in [6.45, 7) is 1.13. The zero-order chi connectivity index (χ0) is 22.1. The Morgan fingerprint density at radius 3 is 2.16 bits per heavy atom. The predicted octanol–water partition coefficient (Wildman–Crippen LogP) is 8.19. The molecule has 0 unspecified atom stereocenters. The average Bonchev–Trinajstić information content (AvgIpc) is 2.77. The molecule has 0 N–H and O–H groups in total. The van der Waals surface area contributed by atoms with Gasteiger partial charge >= 0.3 is 6.18 Å². The molecule has 176 valence electrons. The predicted molar refractivity (Wildman–Crippen MR) is 126 cm³/mol. The molecule has 0 spiro atoms. The molecule has 5 heteroatoms. The average molecular weight is 455 g/mol. The van der Waals surface area contributed by atoms with E-state index in [0.717, 1.165) is 30.6 Å². The lowest BCUT2D eigenvalue weighted by molar-refractivity contribution is -0.153. The number of halogens is 3. The molecule has 0 amide bonds. The number of hydrogen-bond acceptors (Lipinski definition) is 1. The molecule has 0 bridgehead atoms. The van der Waals surface area contributed by atoms with Crippen LogP contribution < -0.4 is 4.74 Å². The molecular weight excluding hydrogens is 413 g/mol. The van der Waals surface area contributed by atoms with Crippen molar-refractivity contribution < 1.29 is 17.9 Å². The van der Waals surface area contributed by atoms with Crippen molar-refractivity contribution in [2.24, 2.45) is 17.8 Å². The van der Waals surface area contributed by atoms with E-state index in [1.54, 1.807) is 43.1 Å². The highest BCUT2D eigenvalue weighted by Crippen LogP contribution is 2.42. The molecule has 31 heavy (non-hydrogen) atoms. The standard InChI is InChI=1S/C26H41F3OSi/c1-2-17-31-18-15-24(16-19-31)23-11-7-21(8-12-23)5-3-4-6-22-9-13-25(14-10-22)30-20-26(27,28)29/h9-10,13-14,21,23-24,31H,2-8,11-12,15-20H2,1H3. The topological polar surface area (TPSA) is 9.23 Å². The number of alkyl halides is 3. The van der Waals surface area contributed by atoms with Gasteiger partial charge in [-0.25, -0.2) is 0 Å². The minimum absolute atomic E-state index is 0.291. The van der Waals surface area contributed by atoms with Crippen LogP contribution in [-0.4, -0.2) is 21.6 Å². The van der Waals surface area contributed by atoms with E-state index < -0.39 is 12.8 Å². The van der Waals surface area contributed by atoms with E-state index in [1.807, 2.05) is 12.1 Å². The zero-order valence-corrected chi connectivity index (χ0v) is 20.4. The van der Waals surface area contributed by atoms with E-state index in [-0.39, 0.29) is 8.80 Å². The van der Waals surface area contributed by atoms with Crippen molar-refractivity contribution >= 4 is 8.80 Å². The molecule has 2 fully saturated rings. The maximum atomic E-state index is 12.2. The monoisotopic (exact) mass is 454 g/mol. The lowest BCUT2D eigenvalue weighted by atomic mass is 9.73. The molecule has 1 aliphatic carbocycles. The highest BCUT2D eigenvalue weighted by molar-refractivity contribution is 6.58. The maximum absolute atomic E-state index is 12.2. The van der Waals surface area contributed by atoms with Crippen LogP contribution in [0, 0.1) is 17.8 Å². The summed E-state index contributed by atoms with van der Waals surface area (Å²) in [6.07, 6.45) is 10.8. The van der Waals surface area contributed by atoms with Gasteiger partial charge in [-0.1, -0.05) is 82.1 Å². The first-order valence-electron chi connectivity index (χ1n) is 12.7. The molecule has 1 aromatic carbocycles. The van der Waals surface area contributed by atoms with Crippen molar-refractivity contribution in [3.8, 4) is 5.75 Å². The van der Waals surface area contributed by atoms with Crippen molar-refractivity contribution in [1.29, 1.82) is 0 Å². The van der Waals surface area contributed by atoms with Crippen molar-refractivity contribution in [3.05, 3.63) is 29.8 Å². The van der Waals surface area contributed by atoms with E-state index in [0.29, 0.717) is 5.75 Å². The van der Waals surface area contributed by atoms with Gasteiger partial charge < -0.3 is 4.74 Å². The van der Waals surface area contributed by atoms with E-state index in [1.165, 1.54) is 50.5 Å². The summed E-state index contributed by atoms with van der Waals surface area (Å²) in [6, 6.07) is 11.9. The lowest BCUT2D eigenvalue weighted by Crippen LogP contribution is -2.28. The normalized spacial score (nSPS) is 27.2. The van der Waals surface area contributed by atoms with Gasteiger partial charge in [0.1, 0.15) is 5.75 Å². The fraction of sp³-hybridized carbons (Fsp3) is 0.769. The summed E-state index contributed by atoms with van der Waals surface area (Å²) in [5, 5.41) is 0. The highest BCUT2D eigenvalue weighted by Gasteiger charge is 2.31. The fourth-order valence-electron chi connectivity index (χ4n) is 5.98. The van der Waals surface area contributed by atoms with Gasteiger partial charge in [-0.05, 0) is 61.1 Å². The molecule has 0 aromatic heterocycles. The first-order valence-corrected chi connectivity index (χ1v) is 15.2. The summed E-state index contributed by atoms with van der Waals surface area (Å²) in [4.78, 5) is 0. The van der Waals surface area contributed by atoms with Gasteiger partial charge in [0.15, 0.2) is 6.61 Å². The van der Waals surface area contributed by atoms with E-state index in [9.17, 15) is 13.2 Å². The second kappa shape index (κ2) is 12.3. The fourth-order valence-corrected chi connectivity index (χ4v) is 9.47. The quantitative estimate of drug-likeness (QED) is 0.256. The van der Waals surface area contributed by atoms with Gasteiger partial charge in [-0.15, -0.1) is 0 Å².